The summed E-state index contributed by atoms with van der Waals surface area (Å²) in [6, 6.07) is 19.9. The molecule has 1 aromatic heterocycles. The average molecular weight is 413 g/mol. The van der Waals surface area contributed by atoms with Gasteiger partial charge < -0.3 is 19.5 Å². The fourth-order valence-electron chi connectivity index (χ4n) is 5.26. The molecular weight excluding hydrogens is 390 g/mol. The molecule has 0 radical (unpaired) electrons. The van der Waals surface area contributed by atoms with E-state index in [0.717, 1.165) is 29.8 Å². The zero-order valence-corrected chi connectivity index (χ0v) is 17.1. The van der Waals surface area contributed by atoms with Gasteiger partial charge in [0.05, 0.1) is 22.5 Å². The van der Waals surface area contributed by atoms with Gasteiger partial charge in [0.25, 0.3) is 5.91 Å². The van der Waals surface area contributed by atoms with Gasteiger partial charge in [0.2, 0.25) is 0 Å². The molecule has 0 bridgehead atoms. The Bertz CT molecular complexity index is 1190. The normalized spacial score (nSPS) is 20.8. The number of ether oxygens (including phenoxy) is 1. The predicted octanol–water partition coefficient (Wildman–Crippen LogP) is 3.50. The number of benzene rings is 2. The van der Waals surface area contributed by atoms with E-state index >= 15 is 0 Å². The molecule has 2 aromatic carbocycles. The summed E-state index contributed by atoms with van der Waals surface area (Å²) in [7, 11) is 0. The number of nitrogens with zero attached hydrogens (tertiary/aromatic N) is 2. The van der Waals surface area contributed by atoms with Gasteiger partial charge in [-0.05, 0) is 48.7 Å². The molecule has 1 atom stereocenters. The van der Waals surface area contributed by atoms with Crippen molar-refractivity contribution >= 4 is 17.6 Å². The Kier molecular flexibility index (Phi) is 3.96. The number of piperidine rings is 1. The minimum Gasteiger partial charge on any atom is -0.448 e. The van der Waals surface area contributed by atoms with E-state index in [9.17, 15) is 9.59 Å². The number of cyclic esters (lactones) is 1. The maximum absolute atomic E-state index is 13.2. The molecule has 1 fully saturated rings. The van der Waals surface area contributed by atoms with Crippen LogP contribution >= 0.6 is 0 Å². The van der Waals surface area contributed by atoms with Crippen LogP contribution in [0.2, 0.25) is 0 Å². The van der Waals surface area contributed by atoms with Crippen LogP contribution in [-0.2, 0) is 21.5 Å². The van der Waals surface area contributed by atoms with E-state index in [4.69, 9.17) is 4.74 Å². The summed E-state index contributed by atoms with van der Waals surface area (Å²) >= 11 is 0. The zero-order chi connectivity index (χ0) is 21.0. The van der Waals surface area contributed by atoms with E-state index in [0.29, 0.717) is 25.1 Å². The summed E-state index contributed by atoms with van der Waals surface area (Å²) in [4.78, 5) is 27.4. The van der Waals surface area contributed by atoms with Gasteiger partial charge in [-0.2, -0.15) is 0 Å². The molecule has 6 nitrogen and oxygen atoms in total. The average Bonchev–Trinajstić information content (AvgIpc) is 3.31. The Morgan fingerprint density at radius 3 is 2.65 bits per heavy atom. The van der Waals surface area contributed by atoms with Crippen LogP contribution in [-0.4, -0.2) is 40.5 Å². The first kappa shape index (κ1) is 18.2. The number of amides is 1. The molecule has 1 N–H and O–H groups in total. The van der Waals surface area contributed by atoms with Crippen molar-refractivity contribution in [2.75, 3.05) is 18.4 Å². The molecule has 1 unspecified atom stereocenters. The highest BCUT2D eigenvalue weighted by molar-refractivity contribution is 5.95. The number of aromatic nitrogens is 1. The van der Waals surface area contributed by atoms with Crippen LogP contribution in [0.5, 0.6) is 0 Å². The SMILES string of the molecule is O=C1OC(C(=O)N2CCC3(CC2)Nc2ccccc2-n2cccc23)Cc2ccccc21. The van der Waals surface area contributed by atoms with Crippen molar-refractivity contribution in [3.63, 3.8) is 0 Å². The van der Waals surface area contributed by atoms with Gasteiger partial charge in [0, 0.05) is 31.4 Å². The first-order valence-electron chi connectivity index (χ1n) is 10.8. The molecule has 6 heteroatoms. The fourth-order valence-corrected chi connectivity index (χ4v) is 5.26. The van der Waals surface area contributed by atoms with Crippen molar-refractivity contribution < 1.29 is 14.3 Å². The Hall–Kier alpha value is -3.54. The van der Waals surface area contributed by atoms with Gasteiger partial charge in [0.1, 0.15) is 0 Å². The molecule has 3 aromatic rings. The van der Waals surface area contributed by atoms with E-state index in [2.05, 4.69) is 40.3 Å². The number of para-hydroxylation sites is 2. The summed E-state index contributed by atoms with van der Waals surface area (Å²) in [6.07, 6.45) is 3.41. The van der Waals surface area contributed by atoms with E-state index in [1.807, 2.05) is 35.2 Å². The van der Waals surface area contributed by atoms with Gasteiger partial charge in [-0.3, -0.25) is 4.79 Å². The lowest BCUT2D eigenvalue weighted by Crippen LogP contribution is -2.53. The van der Waals surface area contributed by atoms with Crippen LogP contribution in [0.1, 0.15) is 34.5 Å². The largest absolute Gasteiger partial charge is 0.448 e. The van der Waals surface area contributed by atoms with Crippen LogP contribution in [0.15, 0.2) is 66.9 Å². The second kappa shape index (κ2) is 6.74. The third-order valence-electron chi connectivity index (χ3n) is 6.87. The number of anilines is 1. The predicted molar refractivity (Wildman–Crippen MR) is 116 cm³/mol. The van der Waals surface area contributed by atoms with E-state index < -0.39 is 12.1 Å². The van der Waals surface area contributed by atoms with Gasteiger partial charge in [-0.15, -0.1) is 0 Å². The summed E-state index contributed by atoms with van der Waals surface area (Å²) in [5.41, 5.74) is 4.74. The minimum atomic E-state index is -0.736. The van der Waals surface area contributed by atoms with Gasteiger partial charge in [0.15, 0.2) is 6.10 Å². The standard InChI is InChI=1S/C25H23N3O3/c29-23(21-16-17-6-1-2-7-18(17)24(30)31-21)27-14-11-25(12-15-27)22-10-5-13-28(22)20-9-4-3-8-19(20)26-25/h1-10,13,21,26H,11-12,14-16H2. The number of hydrogen-bond donors (Lipinski definition) is 1. The molecule has 4 heterocycles. The smallest absolute Gasteiger partial charge is 0.339 e. The fraction of sp³-hybridized carbons (Fsp3) is 0.280. The molecule has 3 aliphatic heterocycles. The lowest BCUT2D eigenvalue weighted by molar-refractivity contribution is -0.142. The van der Waals surface area contributed by atoms with Crippen molar-refractivity contribution in [1.29, 1.82) is 0 Å². The van der Waals surface area contributed by atoms with Crippen LogP contribution in [0.4, 0.5) is 5.69 Å². The number of nitrogens with one attached hydrogen (secondary N) is 1. The van der Waals surface area contributed by atoms with Crippen molar-refractivity contribution in [2.45, 2.75) is 30.9 Å². The van der Waals surface area contributed by atoms with Crippen LogP contribution in [0.3, 0.4) is 0 Å². The third kappa shape index (κ3) is 2.78. The number of fused-ring (bicyclic) bond motifs is 5. The van der Waals surface area contributed by atoms with Crippen molar-refractivity contribution in [3.05, 3.63) is 83.7 Å². The summed E-state index contributed by atoms with van der Waals surface area (Å²) in [5, 5.41) is 3.77. The highest BCUT2D eigenvalue weighted by atomic mass is 16.5. The molecular formula is C25H23N3O3. The van der Waals surface area contributed by atoms with E-state index in [1.165, 1.54) is 5.69 Å². The van der Waals surface area contributed by atoms with Crippen molar-refractivity contribution in [2.24, 2.45) is 0 Å². The van der Waals surface area contributed by atoms with E-state index in [1.54, 1.807) is 6.07 Å². The van der Waals surface area contributed by atoms with E-state index in [-0.39, 0.29) is 11.4 Å². The molecule has 1 amide bonds. The zero-order valence-electron chi connectivity index (χ0n) is 17.1. The number of hydrogen-bond acceptors (Lipinski definition) is 4. The van der Waals surface area contributed by atoms with Crippen LogP contribution < -0.4 is 5.32 Å². The van der Waals surface area contributed by atoms with Gasteiger partial charge in [-0.25, -0.2) is 4.79 Å². The third-order valence-corrected chi connectivity index (χ3v) is 6.87. The number of esters is 1. The Balaban J connectivity index is 1.21. The number of likely N-dealkylation sites (tertiary alicyclic amines) is 1. The summed E-state index contributed by atoms with van der Waals surface area (Å²) in [6.45, 7) is 1.24. The first-order valence-corrected chi connectivity index (χ1v) is 10.8. The topological polar surface area (TPSA) is 63.6 Å². The minimum absolute atomic E-state index is 0.0932. The summed E-state index contributed by atoms with van der Waals surface area (Å²) in [5.74, 6) is -0.499. The number of carbonyl (C=O) groups is 2. The molecule has 0 aliphatic carbocycles. The lowest BCUT2D eigenvalue weighted by atomic mass is 9.82. The molecule has 6 rings (SSSR count). The second-order valence-corrected chi connectivity index (χ2v) is 8.57. The van der Waals surface area contributed by atoms with Crippen molar-refractivity contribution in [1.82, 2.24) is 9.47 Å². The highest BCUT2D eigenvalue weighted by Gasteiger charge is 2.44. The van der Waals surface area contributed by atoms with Crippen LogP contribution in [0.25, 0.3) is 5.69 Å². The molecule has 0 saturated carbocycles. The quantitative estimate of drug-likeness (QED) is 0.621. The second-order valence-electron chi connectivity index (χ2n) is 8.57. The first-order chi connectivity index (χ1) is 15.1. The lowest BCUT2D eigenvalue weighted by Gasteiger charge is -2.46. The number of rotatable bonds is 1. The maximum atomic E-state index is 13.2. The van der Waals surface area contributed by atoms with Crippen molar-refractivity contribution in [3.8, 4) is 5.69 Å². The Morgan fingerprint density at radius 2 is 1.77 bits per heavy atom. The molecule has 156 valence electrons. The summed E-state index contributed by atoms with van der Waals surface area (Å²) < 4.78 is 7.76. The monoisotopic (exact) mass is 413 g/mol. The molecule has 1 saturated heterocycles. The Labute approximate surface area is 180 Å². The molecule has 3 aliphatic rings. The Morgan fingerprint density at radius 1 is 1.00 bits per heavy atom. The maximum Gasteiger partial charge on any atom is 0.339 e. The molecule has 31 heavy (non-hydrogen) atoms. The molecule has 1 spiro atoms. The number of carbonyl (C=O) groups excluding carboxylic acids is 2. The highest BCUT2D eigenvalue weighted by Crippen LogP contribution is 2.43. The van der Waals surface area contributed by atoms with Gasteiger partial charge >= 0.3 is 5.97 Å². The van der Waals surface area contributed by atoms with Gasteiger partial charge in [-0.1, -0.05) is 30.3 Å². The van der Waals surface area contributed by atoms with Crippen LogP contribution in [0, 0.1) is 0 Å².